The lowest BCUT2D eigenvalue weighted by Gasteiger charge is -2.28. The van der Waals surface area contributed by atoms with E-state index in [4.69, 9.17) is 4.74 Å². The average molecular weight is 266 g/mol. The van der Waals surface area contributed by atoms with E-state index in [0.29, 0.717) is 18.7 Å². The molecule has 0 aliphatic heterocycles. The summed E-state index contributed by atoms with van der Waals surface area (Å²) in [5.74, 6) is 0.903. The van der Waals surface area contributed by atoms with Crippen LogP contribution >= 0.6 is 0 Å². The SMILES string of the molecule is CCN(c1cnc(CNC(C)C)cn1)C(C)COC. The van der Waals surface area contributed by atoms with Gasteiger partial charge in [0, 0.05) is 26.2 Å². The van der Waals surface area contributed by atoms with Gasteiger partial charge in [0.15, 0.2) is 0 Å². The van der Waals surface area contributed by atoms with Gasteiger partial charge in [0.1, 0.15) is 5.82 Å². The van der Waals surface area contributed by atoms with E-state index < -0.39 is 0 Å². The van der Waals surface area contributed by atoms with Gasteiger partial charge < -0.3 is 15.0 Å². The molecule has 0 amide bonds. The van der Waals surface area contributed by atoms with Crippen LogP contribution in [0.5, 0.6) is 0 Å². The maximum absolute atomic E-state index is 5.20. The second-order valence-electron chi connectivity index (χ2n) is 4.99. The van der Waals surface area contributed by atoms with Crippen LogP contribution in [-0.2, 0) is 11.3 Å². The molecule has 0 fully saturated rings. The van der Waals surface area contributed by atoms with E-state index in [1.54, 1.807) is 7.11 Å². The Hall–Kier alpha value is -1.20. The molecule has 0 aliphatic carbocycles. The number of hydrogen-bond donors (Lipinski definition) is 1. The maximum Gasteiger partial charge on any atom is 0.147 e. The van der Waals surface area contributed by atoms with Crippen molar-refractivity contribution < 1.29 is 4.74 Å². The summed E-state index contributed by atoms with van der Waals surface area (Å²) in [6.07, 6.45) is 3.68. The molecule has 5 heteroatoms. The van der Waals surface area contributed by atoms with Gasteiger partial charge in [-0.15, -0.1) is 0 Å². The molecule has 1 N–H and O–H groups in total. The minimum Gasteiger partial charge on any atom is -0.383 e. The zero-order chi connectivity index (χ0) is 14.3. The molecule has 0 radical (unpaired) electrons. The summed E-state index contributed by atoms with van der Waals surface area (Å²) in [6, 6.07) is 0.749. The molecule has 108 valence electrons. The van der Waals surface area contributed by atoms with Crippen molar-refractivity contribution >= 4 is 5.82 Å². The number of likely N-dealkylation sites (N-methyl/N-ethyl adjacent to an activating group) is 1. The highest BCUT2D eigenvalue weighted by Gasteiger charge is 2.14. The fraction of sp³-hybridized carbons (Fsp3) is 0.714. The van der Waals surface area contributed by atoms with Crippen molar-refractivity contribution in [3.05, 3.63) is 18.1 Å². The van der Waals surface area contributed by atoms with Crippen LogP contribution in [0.25, 0.3) is 0 Å². The topological polar surface area (TPSA) is 50.3 Å². The van der Waals surface area contributed by atoms with Crippen LogP contribution < -0.4 is 10.2 Å². The molecule has 5 nitrogen and oxygen atoms in total. The van der Waals surface area contributed by atoms with E-state index in [1.807, 2.05) is 12.4 Å². The monoisotopic (exact) mass is 266 g/mol. The smallest absolute Gasteiger partial charge is 0.147 e. The first kappa shape index (κ1) is 15.9. The molecule has 0 saturated carbocycles. The number of anilines is 1. The van der Waals surface area contributed by atoms with Crippen LogP contribution in [0.2, 0.25) is 0 Å². The Morgan fingerprint density at radius 2 is 2.00 bits per heavy atom. The Morgan fingerprint density at radius 1 is 1.26 bits per heavy atom. The maximum atomic E-state index is 5.20. The van der Waals surface area contributed by atoms with Crippen LogP contribution in [0.4, 0.5) is 5.82 Å². The second kappa shape index (κ2) is 8.07. The van der Waals surface area contributed by atoms with Crippen molar-refractivity contribution in [3.63, 3.8) is 0 Å². The third-order valence-electron chi connectivity index (χ3n) is 2.96. The quantitative estimate of drug-likeness (QED) is 0.778. The lowest BCUT2D eigenvalue weighted by Crippen LogP contribution is -2.36. The first-order valence-corrected chi connectivity index (χ1v) is 6.88. The lowest BCUT2D eigenvalue weighted by molar-refractivity contribution is 0.181. The summed E-state index contributed by atoms with van der Waals surface area (Å²) in [4.78, 5) is 11.1. The zero-order valence-electron chi connectivity index (χ0n) is 12.7. The van der Waals surface area contributed by atoms with Gasteiger partial charge in [-0.05, 0) is 13.8 Å². The molecular formula is C14H26N4O. The standard InChI is InChI=1S/C14H26N4O/c1-6-18(12(4)10-19-5)14-9-16-13(8-17-14)7-15-11(2)3/h8-9,11-12,15H,6-7,10H2,1-5H3. The predicted octanol–water partition coefficient (Wildman–Crippen LogP) is 1.84. The summed E-state index contributed by atoms with van der Waals surface area (Å²) in [7, 11) is 1.72. The zero-order valence-corrected chi connectivity index (χ0v) is 12.7. The number of nitrogens with one attached hydrogen (secondary N) is 1. The molecule has 0 bridgehead atoms. The minimum absolute atomic E-state index is 0.295. The third-order valence-corrected chi connectivity index (χ3v) is 2.96. The number of methoxy groups -OCH3 is 1. The van der Waals surface area contributed by atoms with E-state index in [2.05, 4.69) is 47.9 Å². The summed E-state index contributed by atoms with van der Waals surface area (Å²) < 4.78 is 5.20. The molecule has 1 aromatic rings. The van der Waals surface area contributed by atoms with Crippen molar-refractivity contribution in [2.75, 3.05) is 25.2 Å². The molecular weight excluding hydrogens is 240 g/mol. The molecule has 0 aliphatic rings. The summed E-state index contributed by atoms with van der Waals surface area (Å²) in [5, 5.41) is 3.33. The van der Waals surface area contributed by atoms with Gasteiger partial charge in [0.2, 0.25) is 0 Å². The Balaban J connectivity index is 2.67. The Labute approximate surface area is 116 Å². The second-order valence-corrected chi connectivity index (χ2v) is 4.99. The molecule has 1 atom stereocenters. The van der Waals surface area contributed by atoms with Crippen molar-refractivity contribution in [3.8, 4) is 0 Å². The Bertz CT molecular complexity index is 353. The largest absolute Gasteiger partial charge is 0.383 e. The van der Waals surface area contributed by atoms with Crippen molar-refractivity contribution in [1.82, 2.24) is 15.3 Å². The summed E-state index contributed by atoms with van der Waals surface area (Å²) >= 11 is 0. The van der Waals surface area contributed by atoms with Crippen molar-refractivity contribution in [1.29, 1.82) is 0 Å². The van der Waals surface area contributed by atoms with E-state index in [-0.39, 0.29) is 0 Å². The average Bonchev–Trinajstić information content (AvgIpc) is 2.39. The van der Waals surface area contributed by atoms with E-state index in [1.165, 1.54) is 0 Å². The van der Waals surface area contributed by atoms with E-state index in [0.717, 1.165) is 24.6 Å². The van der Waals surface area contributed by atoms with Crippen LogP contribution in [-0.4, -0.2) is 42.3 Å². The molecule has 1 heterocycles. The number of rotatable bonds is 8. The van der Waals surface area contributed by atoms with E-state index in [9.17, 15) is 0 Å². The van der Waals surface area contributed by atoms with Crippen LogP contribution in [0.1, 0.15) is 33.4 Å². The van der Waals surface area contributed by atoms with Gasteiger partial charge in [0.05, 0.1) is 30.7 Å². The molecule has 0 spiro atoms. The number of nitrogens with zero attached hydrogens (tertiary/aromatic N) is 3. The van der Waals surface area contributed by atoms with Gasteiger partial charge in [-0.1, -0.05) is 13.8 Å². The minimum atomic E-state index is 0.295. The molecule has 1 rings (SSSR count). The van der Waals surface area contributed by atoms with Crippen molar-refractivity contribution in [2.45, 2.75) is 46.3 Å². The fourth-order valence-corrected chi connectivity index (χ4v) is 1.93. The van der Waals surface area contributed by atoms with Gasteiger partial charge in [0.25, 0.3) is 0 Å². The van der Waals surface area contributed by atoms with Crippen LogP contribution in [0, 0.1) is 0 Å². The Kier molecular flexibility index (Phi) is 6.73. The summed E-state index contributed by atoms with van der Waals surface area (Å²) in [5.41, 5.74) is 0.966. The highest BCUT2D eigenvalue weighted by atomic mass is 16.5. The molecule has 1 aromatic heterocycles. The van der Waals surface area contributed by atoms with Crippen LogP contribution in [0.15, 0.2) is 12.4 Å². The van der Waals surface area contributed by atoms with Gasteiger partial charge >= 0.3 is 0 Å². The predicted molar refractivity (Wildman–Crippen MR) is 78.4 cm³/mol. The number of hydrogen-bond acceptors (Lipinski definition) is 5. The van der Waals surface area contributed by atoms with Crippen LogP contribution in [0.3, 0.4) is 0 Å². The van der Waals surface area contributed by atoms with Gasteiger partial charge in [-0.25, -0.2) is 4.98 Å². The number of ether oxygens (including phenoxy) is 1. The highest BCUT2D eigenvalue weighted by molar-refractivity contribution is 5.36. The van der Waals surface area contributed by atoms with E-state index >= 15 is 0 Å². The van der Waals surface area contributed by atoms with Gasteiger partial charge in [-0.3, -0.25) is 4.98 Å². The highest BCUT2D eigenvalue weighted by Crippen LogP contribution is 2.12. The fourth-order valence-electron chi connectivity index (χ4n) is 1.93. The normalized spacial score (nSPS) is 12.7. The summed E-state index contributed by atoms with van der Waals surface area (Å²) in [6.45, 7) is 10.8. The third kappa shape index (κ3) is 5.12. The molecule has 1 unspecified atom stereocenters. The molecule has 19 heavy (non-hydrogen) atoms. The first-order valence-electron chi connectivity index (χ1n) is 6.88. The van der Waals surface area contributed by atoms with Crippen molar-refractivity contribution in [2.24, 2.45) is 0 Å². The number of aromatic nitrogens is 2. The lowest BCUT2D eigenvalue weighted by atomic mass is 10.3. The first-order chi connectivity index (χ1) is 9.08. The molecule has 0 aromatic carbocycles. The van der Waals surface area contributed by atoms with Gasteiger partial charge in [-0.2, -0.15) is 0 Å². The molecule has 0 saturated heterocycles. The Morgan fingerprint density at radius 3 is 2.47 bits per heavy atom.